The van der Waals surface area contributed by atoms with Gasteiger partial charge < -0.3 is 5.73 Å². The summed E-state index contributed by atoms with van der Waals surface area (Å²) >= 11 is 0. The zero-order chi connectivity index (χ0) is 15.4. The van der Waals surface area contributed by atoms with Gasteiger partial charge in [0.15, 0.2) is 0 Å². The van der Waals surface area contributed by atoms with Crippen LogP contribution in [0.5, 0.6) is 0 Å². The third-order valence-corrected chi connectivity index (χ3v) is 3.32. The van der Waals surface area contributed by atoms with Gasteiger partial charge >= 0.3 is 0 Å². The van der Waals surface area contributed by atoms with Crippen LogP contribution in [0.3, 0.4) is 0 Å². The first-order valence-electron chi connectivity index (χ1n) is 6.72. The van der Waals surface area contributed by atoms with E-state index in [0.717, 1.165) is 12.1 Å². The first-order chi connectivity index (χ1) is 9.95. The molecule has 5 heteroatoms. The lowest BCUT2D eigenvalue weighted by molar-refractivity contribution is -0.384. The molecular formula is C16H19N3O2. The summed E-state index contributed by atoms with van der Waals surface area (Å²) < 4.78 is 0. The SMILES string of the molecule is Cc1ccc(CN(C)Cc2ccc(N)c([N+](=O)[O-])c2)cc1. The number of nitrogens with two attached hydrogens (primary N) is 1. The maximum Gasteiger partial charge on any atom is 0.292 e. The summed E-state index contributed by atoms with van der Waals surface area (Å²) in [5.41, 5.74) is 9.10. The molecule has 2 aromatic rings. The van der Waals surface area contributed by atoms with Crippen molar-refractivity contribution in [2.45, 2.75) is 20.0 Å². The van der Waals surface area contributed by atoms with Gasteiger partial charge in [-0.1, -0.05) is 35.9 Å². The second kappa shape index (κ2) is 6.37. The fraction of sp³-hybridized carbons (Fsp3) is 0.250. The molecule has 0 aromatic heterocycles. The summed E-state index contributed by atoms with van der Waals surface area (Å²) in [6.07, 6.45) is 0. The van der Waals surface area contributed by atoms with Gasteiger partial charge in [0.1, 0.15) is 5.69 Å². The van der Waals surface area contributed by atoms with Crippen LogP contribution in [0.2, 0.25) is 0 Å². The smallest absolute Gasteiger partial charge is 0.292 e. The molecule has 2 N–H and O–H groups in total. The minimum absolute atomic E-state index is 0.0313. The largest absolute Gasteiger partial charge is 0.393 e. The summed E-state index contributed by atoms with van der Waals surface area (Å²) in [7, 11) is 1.99. The van der Waals surface area contributed by atoms with Crippen molar-refractivity contribution in [3.8, 4) is 0 Å². The Hall–Kier alpha value is -2.40. The molecule has 0 atom stereocenters. The van der Waals surface area contributed by atoms with Crippen molar-refractivity contribution >= 4 is 11.4 Å². The molecule has 0 aliphatic heterocycles. The number of hydrogen-bond acceptors (Lipinski definition) is 4. The minimum Gasteiger partial charge on any atom is -0.393 e. The Morgan fingerprint density at radius 3 is 2.29 bits per heavy atom. The predicted octanol–water partition coefficient (Wildman–Crippen LogP) is 3.12. The molecule has 0 radical (unpaired) electrons. The minimum atomic E-state index is -0.446. The van der Waals surface area contributed by atoms with Crippen LogP contribution in [0.25, 0.3) is 0 Å². The Morgan fingerprint density at radius 2 is 1.67 bits per heavy atom. The molecule has 0 saturated heterocycles. The van der Waals surface area contributed by atoms with E-state index >= 15 is 0 Å². The van der Waals surface area contributed by atoms with Gasteiger partial charge in [0.2, 0.25) is 0 Å². The van der Waals surface area contributed by atoms with Crippen LogP contribution in [0.15, 0.2) is 42.5 Å². The van der Waals surface area contributed by atoms with Gasteiger partial charge in [0, 0.05) is 19.2 Å². The number of anilines is 1. The van der Waals surface area contributed by atoms with Gasteiger partial charge in [-0.05, 0) is 31.2 Å². The first kappa shape index (κ1) is 15.0. The fourth-order valence-corrected chi connectivity index (χ4v) is 2.22. The number of nitrogens with zero attached hydrogens (tertiary/aromatic N) is 2. The van der Waals surface area contributed by atoms with Crippen molar-refractivity contribution in [2.24, 2.45) is 0 Å². The maximum atomic E-state index is 10.9. The van der Waals surface area contributed by atoms with E-state index < -0.39 is 4.92 Å². The third-order valence-electron chi connectivity index (χ3n) is 3.32. The summed E-state index contributed by atoms with van der Waals surface area (Å²) in [6.45, 7) is 3.48. The van der Waals surface area contributed by atoms with Crippen molar-refractivity contribution < 1.29 is 4.92 Å². The topological polar surface area (TPSA) is 72.4 Å². The summed E-state index contributed by atoms with van der Waals surface area (Å²) in [5.74, 6) is 0. The van der Waals surface area contributed by atoms with Crippen LogP contribution in [-0.4, -0.2) is 16.9 Å². The van der Waals surface area contributed by atoms with Crippen LogP contribution in [0, 0.1) is 17.0 Å². The summed E-state index contributed by atoms with van der Waals surface area (Å²) in [5, 5.41) is 10.9. The van der Waals surface area contributed by atoms with Crippen LogP contribution < -0.4 is 5.73 Å². The van der Waals surface area contributed by atoms with E-state index in [9.17, 15) is 10.1 Å². The van der Waals surface area contributed by atoms with Crippen molar-refractivity contribution in [2.75, 3.05) is 12.8 Å². The average molecular weight is 285 g/mol. The zero-order valence-electron chi connectivity index (χ0n) is 12.2. The number of hydrogen-bond donors (Lipinski definition) is 1. The molecule has 2 rings (SSSR count). The van der Waals surface area contributed by atoms with Crippen LogP contribution in [0.1, 0.15) is 16.7 Å². The maximum absolute atomic E-state index is 10.9. The molecule has 0 amide bonds. The fourth-order valence-electron chi connectivity index (χ4n) is 2.22. The molecule has 21 heavy (non-hydrogen) atoms. The highest BCUT2D eigenvalue weighted by molar-refractivity contribution is 5.59. The standard InChI is InChI=1S/C16H19N3O2/c1-12-3-5-13(6-4-12)10-18(2)11-14-7-8-15(17)16(9-14)19(20)21/h3-9H,10-11,17H2,1-2H3. The van der Waals surface area contributed by atoms with Crippen molar-refractivity contribution in [3.05, 3.63) is 69.3 Å². The van der Waals surface area contributed by atoms with Crippen molar-refractivity contribution in [1.29, 1.82) is 0 Å². The second-order valence-corrected chi connectivity index (χ2v) is 5.31. The number of nitro groups is 1. The highest BCUT2D eigenvalue weighted by Crippen LogP contribution is 2.23. The summed E-state index contributed by atoms with van der Waals surface area (Å²) in [4.78, 5) is 12.6. The van der Waals surface area contributed by atoms with Crippen molar-refractivity contribution in [1.82, 2.24) is 4.90 Å². The van der Waals surface area contributed by atoms with Gasteiger partial charge in [-0.3, -0.25) is 15.0 Å². The van der Waals surface area contributed by atoms with Gasteiger partial charge in [-0.2, -0.15) is 0 Å². The number of nitrogen functional groups attached to an aromatic ring is 1. The molecule has 0 aliphatic carbocycles. The molecule has 0 bridgehead atoms. The number of rotatable bonds is 5. The van der Waals surface area contributed by atoms with Gasteiger partial charge in [-0.15, -0.1) is 0 Å². The molecule has 0 spiro atoms. The first-order valence-corrected chi connectivity index (χ1v) is 6.72. The predicted molar refractivity (Wildman–Crippen MR) is 83.9 cm³/mol. The van der Waals surface area contributed by atoms with E-state index in [4.69, 9.17) is 5.73 Å². The lowest BCUT2D eigenvalue weighted by Crippen LogP contribution is -2.17. The van der Waals surface area contributed by atoms with E-state index in [0.29, 0.717) is 6.54 Å². The highest BCUT2D eigenvalue weighted by Gasteiger charge is 2.12. The number of aryl methyl sites for hydroxylation is 1. The summed E-state index contributed by atoms with van der Waals surface area (Å²) in [6, 6.07) is 13.3. The molecule has 0 unspecified atom stereocenters. The average Bonchev–Trinajstić information content (AvgIpc) is 2.43. The van der Waals surface area contributed by atoms with E-state index in [1.165, 1.54) is 11.1 Å². The zero-order valence-corrected chi connectivity index (χ0v) is 12.2. The van der Waals surface area contributed by atoms with Crippen LogP contribution in [0.4, 0.5) is 11.4 Å². The van der Waals surface area contributed by atoms with E-state index in [1.54, 1.807) is 12.1 Å². The number of benzene rings is 2. The molecule has 110 valence electrons. The van der Waals surface area contributed by atoms with Gasteiger partial charge in [0.05, 0.1) is 4.92 Å². The molecule has 0 heterocycles. The lowest BCUT2D eigenvalue weighted by Gasteiger charge is -2.17. The van der Waals surface area contributed by atoms with E-state index in [-0.39, 0.29) is 11.4 Å². The highest BCUT2D eigenvalue weighted by atomic mass is 16.6. The molecule has 5 nitrogen and oxygen atoms in total. The third kappa shape index (κ3) is 4.03. The van der Waals surface area contributed by atoms with Crippen LogP contribution >= 0.6 is 0 Å². The van der Waals surface area contributed by atoms with Gasteiger partial charge in [0.25, 0.3) is 5.69 Å². The van der Waals surface area contributed by atoms with E-state index in [2.05, 4.69) is 36.1 Å². The molecule has 2 aromatic carbocycles. The Kier molecular flexibility index (Phi) is 4.55. The Balaban J connectivity index is 2.05. The monoisotopic (exact) mass is 285 g/mol. The molecule has 0 saturated carbocycles. The Labute approximate surface area is 124 Å². The van der Waals surface area contributed by atoms with Crippen LogP contribution in [-0.2, 0) is 13.1 Å². The molecular weight excluding hydrogens is 266 g/mol. The van der Waals surface area contributed by atoms with Gasteiger partial charge in [-0.25, -0.2) is 0 Å². The quantitative estimate of drug-likeness (QED) is 0.520. The lowest BCUT2D eigenvalue weighted by atomic mass is 10.1. The second-order valence-electron chi connectivity index (χ2n) is 5.31. The molecule has 0 fully saturated rings. The molecule has 0 aliphatic rings. The normalized spacial score (nSPS) is 10.8. The van der Waals surface area contributed by atoms with E-state index in [1.807, 2.05) is 13.1 Å². The Bertz CT molecular complexity index is 638. The van der Waals surface area contributed by atoms with Crippen molar-refractivity contribution in [3.63, 3.8) is 0 Å². The number of nitro benzene ring substituents is 1. The Morgan fingerprint density at radius 1 is 1.10 bits per heavy atom.